The average Bonchev–Trinajstić information content (AvgIpc) is 3.39. The first-order chi connectivity index (χ1) is 16.6. The van der Waals surface area contributed by atoms with E-state index in [0.717, 1.165) is 28.5 Å². The second-order valence-corrected chi connectivity index (χ2v) is 8.68. The number of alkyl halides is 3. The van der Waals surface area contributed by atoms with E-state index in [1.165, 1.54) is 0 Å². The Kier molecular flexibility index (Phi) is 6.74. The molecule has 1 aromatic heterocycles. The Balaban J connectivity index is 1.37. The van der Waals surface area contributed by atoms with Gasteiger partial charge in [0.1, 0.15) is 17.5 Å². The molecule has 0 saturated carbocycles. The molecule has 3 aromatic rings. The van der Waals surface area contributed by atoms with Crippen molar-refractivity contribution in [2.75, 3.05) is 11.9 Å². The van der Waals surface area contributed by atoms with Crippen LogP contribution in [0.1, 0.15) is 33.1 Å². The summed E-state index contributed by atoms with van der Waals surface area (Å²) in [6.45, 7) is 0.0427. The van der Waals surface area contributed by atoms with E-state index in [9.17, 15) is 27.6 Å². The minimum absolute atomic E-state index is 0.0427. The second-order valence-electron chi connectivity index (χ2n) is 7.65. The number of carbonyl (C=O) groups is 3. The van der Waals surface area contributed by atoms with Gasteiger partial charge in [-0.05, 0) is 22.3 Å². The Bertz CT molecular complexity index is 1230. The molecule has 0 saturated heterocycles. The van der Waals surface area contributed by atoms with Crippen molar-refractivity contribution < 1.29 is 37.4 Å². The zero-order valence-corrected chi connectivity index (χ0v) is 18.7. The average molecular weight is 505 g/mol. The third-order valence-electron chi connectivity index (χ3n) is 5.36. The summed E-state index contributed by atoms with van der Waals surface area (Å²) in [5.41, 5.74) is 4.17. The number of hydrogen-bond acceptors (Lipinski definition) is 6. The topological polar surface area (TPSA) is 118 Å². The molecule has 2 aromatic carbocycles. The van der Waals surface area contributed by atoms with Gasteiger partial charge in [-0.3, -0.25) is 14.9 Å². The number of anilines is 1. The zero-order chi connectivity index (χ0) is 25.2. The van der Waals surface area contributed by atoms with Gasteiger partial charge in [0.15, 0.2) is 5.13 Å². The summed E-state index contributed by atoms with van der Waals surface area (Å²) in [7, 11) is 0. The number of benzene rings is 2. The van der Waals surface area contributed by atoms with Gasteiger partial charge in [0, 0.05) is 5.92 Å². The number of amides is 2. The highest BCUT2D eigenvalue weighted by Gasteiger charge is 2.42. The molecule has 3 N–H and O–H groups in total. The van der Waals surface area contributed by atoms with Crippen molar-refractivity contribution in [1.29, 1.82) is 0 Å². The first kappa shape index (κ1) is 24.2. The lowest BCUT2D eigenvalue weighted by molar-refractivity contribution is -0.165. The van der Waals surface area contributed by atoms with Crippen LogP contribution < -0.4 is 10.6 Å². The highest BCUT2D eigenvalue weighted by molar-refractivity contribution is 7.17. The SMILES string of the molecule is O=C(O)CC(NC(=O)c1cnc(NC(=O)OCC2c3ccccc3-c3ccccc32)s1)C(F)(F)F. The van der Waals surface area contributed by atoms with E-state index in [4.69, 9.17) is 9.84 Å². The van der Waals surface area contributed by atoms with E-state index in [-0.39, 0.29) is 22.5 Å². The highest BCUT2D eigenvalue weighted by Crippen LogP contribution is 2.44. The molecule has 8 nitrogen and oxygen atoms in total. The third kappa shape index (κ3) is 5.43. The van der Waals surface area contributed by atoms with E-state index >= 15 is 0 Å². The van der Waals surface area contributed by atoms with Crippen LogP contribution in [0.2, 0.25) is 0 Å². The smallest absolute Gasteiger partial charge is 0.413 e. The molecule has 35 heavy (non-hydrogen) atoms. The largest absolute Gasteiger partial charge is 0.481 e. The highest BCUT2D eigenvalue weighted by atomic mass is 32.1. The summed E-state index contributed by atoms with van der Waals surface area (Å²) in [4.78, 5) is 38.7. The molecular formula is C23H18F3N3O5S. The van der Waals surface area contributed by atoms with Crippen LogP contribution in [-0.2, 0) is 9.53 Å². The molecule has 0 aliphatic heterocycles. The van der Waals surface area contributed by atoms with Crippen molar-refractivity contribution in [3.8, 4) is 11.1 Å². The van der Waals surface area contributed by atoms with Crippen molar-refractivity contribution in [3.63, 3.8) is 0 Å². The molecule has 1 atom stereocenters. The molecular weight excluding hydrogens is 487 g/mol. The lowest BCUT2D eigenvalue weighted by atomic mass is 9.98. The first-order valence-electron chi connectivity index (χ1n) is 10.3. The Labute approximate surface area is 200 Å². The number of carboxylic acid groups (broad SMARTS) is 1. The molecule has 2 amide bonds. The van der Waals surface area contributed by atoms with Gasteiger partial charge in [0.05, 0.1) is 12.6 Å². The summed E-state index contributed by atoms with van der Waals surface area (Å²) in [6.07, 6.45) is -6.12. The minimum atomic E-state index is -4.94. The van der Waals surface area contributed by atoms with Gasteiger partial charge in [0.2, 0.25) is 0 Å². The molecule has 182 valence electrons. The lowest BCUT2D eigenvalue weighted by Crippen LogP contribution is -2.46. The van der Waals surface area contributed by atoms with E-state index in [0.29, 0.717) is 11.3 Å². The number of halogens is 3. The first-order valence-corrected chi connectivity index (χ1v) is 11.1. The Hall–Kier alpha value is -3.93. The van der Waals surface area contributed by atoms with Crippen molar-refractivity contribution in [2.24, 2.45) is 0 Å². The van der Waals surface area contributed by atoms with Gasteiger partial charge in [-0.25, -0.2) is 9.78 Å². The van der Waals surface area contributed by atoms with Crippen LogP contribution in [0, 0.1) is 0 Å². The van der Waals surface area contributed by atoms with Crippen molar-refractivity contribution in [1.82, 2.24) is 10.3 Å². The van der Waals surface area contributed by atoms with Gasteiger partial charge in [-0.1, -0.05) is 59.9 Å². The predicted octanol–water partition coefficient (Wildman–Crippen LogP) is 4.64. The second kappa shape index (κ2) is 9.74. The van der Waals surface area contributed by atoms with Crippen LogP contribution in [0.15, 0.2) is 54.7 Å². The maximum absolute atomic E-state index is 13.0. The number of hydrogen-bond donors (Lipinski definition) is 3. The number of rotatable bonds is 7. The number of nitrogens with one attached hydrogen (secondary N) is 2. The zero-order valence-electron chi connectivity index (χ0n) is 17.8. The van der Waals surface area contributed by atoms with Gasteiger partial charge < -0.3 is 15.2 Å². The molecule has 0 fully saturated rings. The van der Waals surface area contributed by atoms with Gasteiger partial charge in [-0.2, -0.15) is 13.2 Å². The Morgan fingerprint density at radius 1 is 1.06 bits per heavy atom. The molecule has 4 rings (SSSR count). The fourth-order valence-electron chi connectivity index (χ4n) is 3.81. The van der Waals surface area contributed by atoms with Gasteiger partial charge in [0.25, 0.3) is 5.91 Å². The van der Waals surface area contributed by atoms with Crippen LogP contribution in [-0.4, -0.2) is 46.9 Å². The molecule has 1 unspecified atom stereocenters. The molecule has 1 aliphatic rings. The quantitative estimate of drug-likeness (QED) is 0.431. The van der Waals surface area contributed by atoms with E-state index in [1.807, 2.05) is 48.5 Å². The van der Waals surface area contributed by atoms with E-state index in [1.54, 1.807) is 5.32 Å². The van der Waals surface area contributed by atoms with Crippen LogP contribution in [0.4, 0.5) is 23.1 Å². The van der Waals surface area contributed by atoms with Crippen LogP contribution >= 0.6 is 11.3 Å². The van der Waals surface area contributed by atoms with Crippen LogP contribution in [0.5, 0.6) is 0 Å². The number of aliphatic carboxylic acids is 1. The molecule has 0 bridgehead atoms. The number of thiazole rings is 1. The minimum Gasteiger partial charge on any atom is -0.481 e. The number of aromatic nitrogens is 1. The fourth-order valence-corrected chi connectivity index (χ4v) is 4.52. The van der Waals surface area contributed by atoms with Crippen LogP contribution in [0.25, 0.3) is 11.1 Å². The Morgan fingerprint density at radius 3 is 2.23 bits per heavy atom. The summed E-state index contributed by atoms with van der Waals surface area (Å²) in [6, 6.07) is 13.0. The van der Waals surface area contributed by atoms with Crippen molar-refractivity contribution >= 4 is 34.4 Å². The summed E-state index contributed by atoms with van der Waals surface area (Å²) < 4.78 is 44.3. The molecule has 0 spiro atoms. The molecule has 0 radical (unpaired) electrons. The molecule has 1 heterocycles. The van der Waals surface area contributed by atoms with Crippen molar-refractivity contribution in [2.45, 2.75) is 24.6 Å². The third-order valence-corrected chi connectivity index (χ3v) is 6.27. The number of fused-ring (bicyclic) bond motifs is 3. The maximum Gasteiger partial charge on any atom is 0.413 e. The summed E-state index contributed by atoms with van der Waals surface area (Å²) in [5.74, 6) is -3.04. The number of ether oxygens (including phenoxy) is 1. The van der Waals surface area contributed by atoms with Crippen LogP contribution in [0.3, 0.4) is 0 Å². The van der Waals surface area contributed by atoms with Gasteiger partial charge in [-0.15, -0.1) is 0 Å². The maximum atomic E-state index is 13.0. The number of nitrogens with zero attached hydrogens (tertiary/aromatic N) is 1. The lowest BCUT2D eigenvalue weighted by Gasteiger charge is -2.19. The van der Waals surface area contributed by atoms with Gasteiger partial charge >= 0.3 is 18.2 Å². The Morgan fingerprint density at radius 2 is 1.66 bits per heavy atom. The number of carboxylic acids is 1. The number of carbonyl (C=O) groups excluding carboxylic acids is 2. The molecule has 1 aliphatic carbocycles. The monoisotopic (exact) mass is 505 g/mol. The van der Waals surface area contributed by atoms with E-state index < -0.39 is 36.6 Å². The standard InChI is InChI=1S/C23H18F3N3O5S/c24-23(25,26)18(9-19(30)31)28-20(32)17-10-27-21(35-17)29-22(33)34-11-16-14-7-3-1-5-12(14)13-6-2-4-8-15(13)16/h1-8,10,16,18H,9,11H2,(H,28,32)(H,30,31)(H,27,29,33). The molecule has 12 heteroatoms. The summed E-state index contributed by atoms with van der Waals surface area (Å²) >= 11 is 0.626. The van der Waals surface area contributed by atoms with E-state index in [2.05, 4.69) is 10.3 Å². The fraction of sp³-hybridized carbons (Fsp3) is 0.217. The summed E-state index contributed by atoms with van der Waals surface area (Å²) in [5, 5.41) is 12.6. The van der Waals surface area contributed by atoms with Crippen molar-refractivity contribution in [3.05, 3.63) is 70.7 Å². The predicted molar refractivity (Wildman–Crippen MR) is 120 cm³/mol. The normalized spacial score (nSPS) is 13.5.